The number of aromatic nitrogens is 3. The highest BCUT2D eigenvalue weighted by molar-refractivity contribution is 5.74. The smallest absolute Gasteiger partial charge is 0.318 e. The summed E-state index contributed by atoms with van der Waals surface area (Å²) < 4.78 is 8.02. The molecule has 1 atom stereocenters. The van der Waals surface area contributed by atoms with Crippen LogP contribution < -0.4 is 5.32 Å². The van der Waals surface area contributed by atoms with E-state index in [-0.39, 0.29) is 11.9 Å². The van der Waals surface area contributed by atoms with Crippen molar-refractivity contribution in [1.29, 1.82) is 0 Å². The van der Waals surface area contributed by atoms with Gasteiger partial charge in [-0.2, -0.15) is 0 Å². The summed E-state index contributed by atoms with van der Waals surface area (Å²) >= 11 is 0. The second kappa shape index (κ2) is 7.23. The summed E-state index contributed by atoms with van der Waals surface area (Å²) in [4.78, 5) is 22.9. The van der Waals surface area contributed by atoms with E-state index in [1.807, 2.05) is 29.4 Å². The first-order chi connectivity index (χ1) is 12.3. The molecule has 2 aromatic heterocycles. The van der Waals surface area contributed by atoms with Crippen molar-refractivity contribution in [2.24, 2.45) is 5.92 Å². The van der Waals surface area contributed by atoms with E-state index in [1.54, 1.807) is 12.4 Å². The molecule has 7 nitrogen and oxygen atoms in total. The zero-order chi connectivity index (χ0) is 17.1. The lowest BCUT2D eigenvalue weighted by molar-refractivity contribution is 0.0717. The molecule has 2 aromatic rings. The zero-order valence-corrected chi connectivity index (χ0v) is 14.2. The van der Waals surface area contributed by atoms with Crippen molar-refractivity contribution < 1.29 is 9.53 Å². The molecule has 0 saturated heterocycles. The van der Waals surface area contributed by atoms with Gasteiger partial charge in [0.05, 0.1) is 19.8 Å². The maximum atomic E-state index is 12.5. The van der Waals surface area contributed by atoms with E-state index < -0.39 is 0 Å². The Kier molecular flexibility index (Phi) is 4.65. The zero-order valence-electron chi connectivity index (χ0n) is 14.2. The third-order valence-electron chi connectivity index (χ3n) is 4.60. The number of fused-ring (bicyclic) bond motifs is 1. The minimum atomic E-state index is 0.0104. The van der Waals surface area contributed by atoms with Gasteiger partial charge in [0.2, 0.25) is 0 Å². The van der Waals surface area contributed by atoms with E-state index in [9.17, 15) is 4.79 Å². The highest BCUT2D eigenvalue weighted by Crippen LogP contribution is 2.21. The molecule has 1 N–H and O–H groups in total. The average molecular weight is 341 g/mol. The number of pyridine rings is 1. The SMILES string of the molecule is O=C(NC1CC1)N1Cc2nccn2C[C@H](COCc2cccnc2)C1. The summed E-state index contributed by atoms with van der Waals surface area (Å²) in [5, 5.41) is 3.08. The van der Waals surface area contributed by atoms with Crippen molar-refractivity contribution in [2.45, 2.75) is 38.6 Å². The van der Waals surface area contributed by atoms with Gasteiger partial charge in [-0.25, -0.2) is 9.78 Å². The molecular weight excluding hydrogens is 318 g/mol. The van der Waals surface area contributed by atoms with Crippen LogP contribution in [0.4, 0.5) is 4.79 Å². The van der Waals surface area contributed by atoms with Crippen LogP contribution in [0, 0.1) is 5.92 Å². The van der Waals surface area contributed by atoms with E-state index in [4.69, 9.17) is 4.74 Å². The van der Waals surface area contributed by atoms with Crippen molar-refractivity contribution in [3.8, 4) is 0 Å². The van der Waals surface area contributed by atoms with Gasteiger partial charge in [0.25, 0.3) is 0 Å². The number of nitrogens with zero attached hydrogens (tertiary/aromatic N) is 4. The predicted molar refractivity (Wildman–Crippen MR) is 91.6 cm³/mol. The lowest BCUT2D eigenvalue weighted by atomic mass is 10.1. The van der Waals surface area contributed by atoms with Crippen LogP contribution in [-0.2, 0) is 24.4 Å². The van der Waals surface area contributed by atoms with Gasteiger partial charge < -0.3 is 19.5 Å². The topological polar surface area (TPSA) is 72.3 Å². The molecule has 0 unspecified atom stereocenters. The van der Waals surface area contributed by atoms with Gasteiger partial charge in [0.15, 0.2) is 0 Å². The molecule has 0 radical (unpaired) electrons. The predicted octanol–water partition coefficient (Wildman–Crippen LogP) is 1.80. The maximum absolute atomic E-state index is 12.5. The number of rotatable bonds is 5. The lowest BCUT2D eigenvalue weighted by Crippen LogP contribution is -2.43. The Morgan fingerprint density at radius 3 is 3.04 bits per heavy atom. The summed E-state index contributed by atoms with van der Waals surface area (Å²) in [5.74, 6) is 1.16. The average Bonchev–Trinajstić information content (AvgIpc) is 3.37. The van der Waals surface area contributed by atoms with E-state index in [2.05, 4.69) is 19.9 Å². The fourth-order valence-electron chi connectivity index (χ4n) is 3.12. The first kappa shape index (κ1) is 16.1. The second-order valence-electron chi connectivity index (χ2n) is 6.84. The molecule has 3 heterocycles. The number of imidazole rings is 1. The van der Waals surface area contributed by atoms with Gasteiger partial charge >= 0.3 is 6.03 Å². The number of carbonyl (C=O) groups is 1. The molecule has 2 aliphatic rings. The Morgan fingerprint density at radius 1 is 1.32 bits per heavy atom. The van der Waals surface area contributed by atoms with Gasteiger partial charge in [0.1, 0.15) is 5.82 Å². The first-order valence-corrected chi connectivity index (χ1v) is 8.80. The molecule has 132 valence electrons. The third-order valence-corrected chi connectivity index (χ3v) is 4.60. The Labute approximate surface area is 147 Å². The molecule has 0 bridgehead atoms. The Morgan fingerprint density at radius 2 is 2.24 bits per heavy atom. The summed E-state index contributed by atoms with van der Waals surface area (Å²) in [6.45, 7) is 3.17. The molecule has 1 saturated carbocycles. The summed E-state index contributed by atoms with van der Waals surface area (Å²) in [7, 11) is 0. The van der Waals surface area contributed by atoms with Crippen LogP contribution in [0.25, 0.3) is 0 Å². The van der Waals surface area contributed by atoms with Crippen LogP contribution in [0.2, 0.25) is 0 Å². The molecule has 0 aromatic carbocycles. The highest BCUT2D eigenvalue weighted by Gasteiger charge is 2.29. The van der Waals surface area contributed by atoms with Crippen LogP contribution in [0.5, 0.6) is 0 Å². The van der Waals surface area contributed by atoms with Gasteiger partial charge in [-0.15, -0.1) is 0 Å². The summed E-state index contributed by atoms with van der Waals surface area (Å²) in [6.07, 6.45) is 9.52. The lowest BCUT2D eigenvalue weighted by Gasteiger charge is -2.24. The van der Waals surface area contributed by atoms with E-state index in [0.29, 0.717) is 32.3 Å². The van der Waals surface area contributed by atoms with Crippen LogP contribution in [-0.4, -0.2) is 44.7 Å². The Bertz CT molecular complexity index is 713. The van der Waals surface area contributed by atoms with Crippen LogP contribution in [0.3, 0.4) is 0 Å². The molecule has 4 rings (SSSR count). The number of hydrogen-bond acceptors (Lipinski definition) is 4. The molecular formula is C18H23N5O2. The van der Waals surface area contributed by atoms with Crippen molar-refractivity contribution in [1.82, 2.24) is 24.8 Å². The van der Waals surface area contributed by atoms with Gasteiger partial charge in [-0.3, -0.25) is 4.98 Å². The molecule has 25 heavy (non-hydrogen) atoms. The summed E-state index contributed by atoms with van der Waals surface area (Å²) in [5.41, 5.74) is 1.06. The van der Waals surface area contributed by atoms with Crippen molar-refractivity contribution >= 4 is 6.03 Å². The monoisotopic (exact) mass is 341 g/mol. The fourth-order valence-corrected chi connectivity index (χ4v) is 3.12. The minimum absolute atomic E-state index is 0.0104. The number of carbonyl (C=O) groups excluding carboxylic acids is 1. The summed E-state index contributed by atoms with van der Waals surface area (Å²) in [6, 6.07) is 4.28. The van der Waals surface area contributed by atoms with Gasteiger partial charge in [-0.05, 0) is 24.5 Å². The Balaban J connectivity index is 1.38. The minimum Gasteiger partial charge on any atom is -0.376 e. The maximum Gasteiger partial charge on any atom is 0.318 e. The van der Waals surface area contributed by atoms with E-state index in [0.717, 1.165) is 30.8 Å². The van der Waals surface area contributed by atoms with Gasteiger partial charge in [-0.1, -0.05) is 6.07 Å². The number of amides is 2. The fraction of sp³-hybridized carbons (Fsp3) is 0.500. The van der Waals surface area contributed by atoms with Crippen molar-refractivity contribution in [3.63, 3.8) is 0 Å². The molecule has 7 heteroatoms. The molecule has 1 aliphatic heterocycles. The number of hydrogen-bond donors (Lipinski definition) is 1. The second-order valence-corrected chi connectivity index (χ2v) is 6.84. The van der Waals surface area contributed by atoms with E-state index >= 15 is 0 Å². The molecule has 2 amide bonds. The quantitative estimate of drug-likeness (QED) is 0.900. The number of ether oxygens (including phenoxy) is 1. The molecule has 1 aliphatic carbocycles. The first-order valence-electron chi connectivity index (χ1n) is 8.80. The van der Waals surface area contributed by atoms with Crippen LogP contribution in [0.15, 0.2) is 36.9 Å². The number of nitrogens with one attached hydrogen (secondary N) is 1. The van der Waals surface area contributed by atoms with Crippen molar-refractivity contribution in [2.75, 3.05) is 13.2 Å². The standard InChI is InChI=1S/C18H23N5O2/c24-18(21-16-3-4-16)23-10-15(9-22-7-6-20-17(22)11-23)13-25-12-14-2-1-5-19-8-14/h1-2,5-8,15-16H,3-4,9-13H2,(H,21,24)/t15-/m0/s1. The number of urea groups is 1. The highest BCUT2D eigenvalue weighted by atomic mass is 16.5. The van der Waals surface area contributed by atoms with Crippen LogP contribution in [0.1, 0.15) is 24.2 Å². The normalized spacial score (nSPS) is 20.0. The van der Waals surface area contributed by atoms with Gasteiger partial charge in [0, 0.05) is 49.8 Å². The largest absolute Gasteiger partial charge is 0.376 e. The molecule has 1 fully saturated rings. The third kappa shape index (κ3) is 4.17. The van der Waals surface area contributed by atoms with E-state index in [1.165, 1.54) is 0 Å². The van der Waals surface area contributed by atoms with Crippen LogP contribution >= 0.6 is 0 Å². The molecule has 0 spiro atoms. The van der Waals surface area contributed by atoms with Crippen molar-refractivity contribution in [3.05, 3.63) is 48.3 Å². The Hall–Kier alpha value is -2.41.